The molecule has 0 saturated carbocycles. The summed E-state index contributed by atoms with van der Waals surface area (Å²) in [4.78, 5) is 19.3. The third kappa shape index (κ3) is 5.66. The van der Waals surface area contributed by atoms with E-state index in [2.05, 4.69) is 20.4 Å². The van der Waals surface area contributed by atoms with Crippen LogP contribution >= 0.6 is 11.6 Å². The van der Waals surface area contributed by atoms with Crippen molar-refractivity contribution in [1.82, 2.24) is 20.4 Å². The molecule has 0 unspecified atom stereocenters. The van der Waals surface area contributed by atoms with Crippen molar-refractivity contribution in [1.29, 1.82) is 0 Å². The number of carbonyl (C=O) groups is 1. The number of amides is 1. The van der Waals surface area contributed by atoms with Gasteiger partial charge in [0.1, 0.15) is 5.75 Å². The van der Waals surface area contributed by atoms with Crippen LogP contribution in [0.1, 0.15) is 24.3 Å². The van der Waals surface area contributed by atoms with Crippen LogP contribution in [0.25, 0.3) is 11.4 Å². The molecule has 7 nitrogen and oxygen atoms in total. The summed E-state index contributed by atoms with van der Waals surface area (Å²) in [5.74, 6) is 2.07. The van der Waals surface area contributed by atoms with Gasteiger partial charge in [-0.1, -0.05) is 41.0 Å². The Morgan fingerprint density at radius 1 is 1.19 bits per heavy atom. The van der Waals surface area contributed by atoms with E-state index in [9.17, 15) is 4.79 Å². The molecule has 1 fully saturated rings. The second kappa shape index (κ2) is 10.6. The zero-order chi connectivity index (χ0) is 22.3. The molecule has 168 valence electrons. The van der Waals surface area contributed by atoms with E-state index in [4.69, 9.17) is 20.9 Å². The minimum Gasteiger partial charge on any atom is -0.497 e. The first-order valence-corrected chi connectivity index (χ1v) is 11.2. The summed E-state index contributed by atoms with van der Waals surface area (Å²) in [6, 6.07) is 15.4. The Bertz CT molecular complexity index is 1030. The van der Waals surface area contributed by atoms with Crippen LogP contribution in [0.3, 0.4) is 0 Å². The van der Waals surface area contributed by atoms with Gasteiger partial charge in [0.2, 0.25) is 17.6 Å². The van der Waals surface area contributed by atoms with Gasteiger partial charge in [-0.05, 0) is 62.2 Å². The number of aromatic nitrogens is 2. The highest BCUT2D eigenvalue weighted by Gasteiger charge is 2.26. The number of nitrogens with one attached hydrogen (secondary N) is 1. The fourth-order valence-corrected chi connectivity index (χ4v) is 4.10. The maximum Gasteiger partial charge on any atom is 0.241 e. The number of rotatable bonds is 8. The van der Waals surface area contributed by atoms with Crippen LogP contribution in [0, 0.1) is 5.92 Å². The van der Waals surface area contributed by atoms with Gasteiger partial charge in [0.25, 0.3) is 0 Å². The first-order valence-electron chi connectivity index (χ1n) is 10.8. The third-order valence-corrected chi connectivity index (χ3v) is 6.10. The van der Waals surface area contributed by atoms with E-state index in [1.54, 1.807) is 13.2 Å². The van der Waals surface area contributed by atoms with Crippen LogP contribution < -0.4 is 10.1 Å². The number of hydrogen-bond donors (Lipinski definition) is 1. The number of ether oxygens (including phenoxy) is 1. The standard InChI is InChI=1S/C24H27ClN4O3/c1-31-19-8-6-17(7-9-19)10-13-26-24(30)18-11-14-29(15-12-18)16-22-27-23(28-32-22)20-4-2-3-5-21(20)25/h2-9,18H,10-16H2,1H3,(H,26,30). The van der Waals surface area contributed by atoms with E-state index in [1.165, 1.54) is 5.56 Å². The summed E-state index contributed by atoms with van der Waals surface area (Å²) >= 11 is 6.21. The van der Waals surface area contributed by atoms with Gasteiger partial charge in [0, 0.05) is 18.0 Å². The van der Waals surface area contributed by atoms with Gasteiger partial charge in [0.05, 0.1) is 18.7 Å². The molecule has 1 saturated heterocycles. The molecule has 2 heterocycles. The summed E-state index contributed by atoms with van der Waals surface area (Å²) in [5.41, 5.74) is 1.94. The molecular weight excluding hydrogens is 428 g/mol. The van der Waals surface area contributed by atoms with Gasteiger partial charge in [0.15, 0.2) is 0 Å². The molecule has 1 N–H and O–H groups in total. The molecule has 0 spiro atoms. The Morgan fingerprint density at radius 3 is 2.66 bits per heavy atom. The molecule has 0 aliphatic carbocycles. The topological polar surface area (TPSA) is 80.5 Å². The zero-order valence-corrected chi connectivity index (χ0v) is 18.8. The molecule has 3 aromatic rings. The molecule has 2 aromatic carbocycles. The molecule has 0 bridgehead atoms. The van der Waals surface area contributed by atoms with Crippen LogP contribution in [0.4, 0.5) is 0 Å². The highest BCUT2D eigenvalue weighted by molar-refractivity contribution is 6.33. The Kier molecular flexibility index (Phi) is 7.39. The minimum absolute atomic E-state index is 0.0449. The largest absolute Gasteiger partial charge is 0.497 e. The summed E-state index contributed by atoms with van der Waals surface area (Å²) in [6.45, 7) is 2.85. The Labute approximate surface area is 192 Å². The van der Waals surface area contributed by atoms with Crippen molar-refractivity contribution < 1.29 is 14.1 Å². The SMILES string of the molecule is COc1ccc(CCNC(=O)C2CCN(Cc3nc(-c4ccccc4Cl)no3)CC2)cc1. The van der Waals surface area contributed by atoms with Crippen molar-refractivity contribution in [3.05, 3.63) is 65.0 Å². The number of carbonyl (C=O) groups excluding carboxylic acids is 1. The predicted molar refractivity (Wildman–Crippen MR) is 122 cm³/mol. The van der Waals surface area contributed by atoms with Crippen molar-refractivity contribution in [3.8, 4) is 17.1 Å². The van der Waals surface area contributed by atoms with Gasteiger partial charge in [-0.2, -0.15) is 4.98 Å². The molecule has 1 aromatic heterocycles. The number of likely N-dealkylation sites (tertiary alicyclic amines) is 1. The van der Waals surface area contributed by atoms with E-state index in [1.807, 2.05) is 42.5 Å². The lowest BCUT2D eigenvalue weighted by atomic mass is 9.96. The maximum absolute atomic E-state index is 12.5. The first-order chi connectivity index (χ1) is 15.6. The summed E-state index contributed by atoms with van der Waals surface area (Å²) < 4.78 is 10.6. The quantitative estimate of drug-likeness (QED) is 0.554. The average molecular weight is 455 g/mol. The van der Waals surface area contributed by atoms with Crippen LogP contribution in [-0.4, -0.2) is 47.7 Å². The molecule has 1 aliphatic heterocycles. The molecule has 1 amide bonds. The summed E-state index contributed by atoms with van der Waals surface area (Å²) in [7, 11) is 1.65. The number of piperidine rings is 1. The predicted octanol–water partition coefficient (Wildman–Crippen LogP) is 3.97. The fourth-order valence-electron chi connectivity index (χ4n) is 3.88. The van der Waals surface area contributed by atoms with Crippen molar-refractivity contribution in [3.63, 3.8) is 0 Å². The van der Waals surface area contributed by atoms with E-state index in [0.29, 0.717) is 29.8 Å². The van der Waals surface area contributed by atoms with Crippen LogP contribution in [0.15, 0.2) is 53.1 Å². The number of benzene rings is 2. The summed E-state index contributed by atoms with van der Waals surface area (Å²) in [6.07, 6.45) is 2.44. The molecule has 4 rings (SSSR count). The number of hydrogen-bond acceptors (Lipinski definition) is 6. The van der Waals surface area contributed by atoms with Gasteiger partial charge < -0.3 is 14.6 Å². The second-order valence-corrected chi connectivity index (χ2v) is 8.34. The van der Waals surface area contributed by atoms with Gasteiger partial charge in [-0.25, -0.2) is 0 Å². The van der Waals surface area contributed by atoms with Crippen molar-refractivity contribution >= 4 is 17.5 Å². The average Bonchev–Trinajstić information content (AvgIpc) is 3.28. The smallest absolute Gasteiger partial charge is 0.241 e. The number of nitrogens with zero attached hydrogens (tertiary/aromatic N) is 3. The van der Waals surface area contributed by atoms with Crippen molar-refractivity contribution in [2.24, 2.45) is 5.92 Å². The fraction of sp³-hybridized carbons (Fsp3) is 0.375. The zero-order valence-electron chi connectivity index (χ0n) is 18.1. The van der Waals surface area contributed by atoms with Crippen molar-refractivity contribution in [2.45, 2.75) is 25.8 Å². The molecule has 8 heteroatoms. The van der Waals surface area contributed by atoms with Crippen LogP contribution in [0.5, 0.6) is 5.75 Å². The Morgan fingerprint density at radius 2 is 1.94 bits per heavy atom. The van der Waals surface area contributed by atoms with E-state index in [0.717, 1.165) is 43.7 Å². The lowest BCUT2D eigenvalue weighted by Crippen LogP contribution is -2.40. The molecule has 0 radical (unpaired) electrons. The summed E-state index contributed by atoms with van der Waals surface area (Å²) in [5, 5.41) is 7.73. The second-order valence-electron chi connectivity index (χ2n) is 7.93. The first kappa shape index (κ1) is 22.3. The Balaban J connectivity index is 1.20. The third-order valence-electron chi connectivity index (χ3n) is 5.77. The molecule has 1 aliphatic rings. The van der Waals surface area contributed by atoms with Crippen molar-refractivity contribution in [2.75, 3.05) is 26.7 Å². The maximum atomic E-state index is 12.5. The van der Waals surface area contributed by atoms with E-state index >= 15 is 0 Å². The van der Waals surface area contributed by atoms with E-state index in [-0.39, 0.29) is 11.8 Å². The molecule has 32 heavy (non-hydrogen) atoms. The lowest BCUT2D eigenvalue weighted by Gasteiger charge is -2.30. The normalized spacial score (nSPS) is 14.9. The highest BCUT2D eigenvalue weighted by atomic mass is 35.5. The van der Waals surface area contributed by atoms with Gasteiger partial charge >= 0.3 is 0 Å². The van der Waals surface area contributed by atoms with Gasteiger partial charge in [-0.15, -0.1) is 0 Å². The molecular formula is C24H27ClN4O3. The molecule has 0 atom stereocenters. The monoisotopic (exact) mass is 454 g/mol. The lowest BCUT2D eigenvalue weighted by molar-refractivity contribution is -0.126. The van der Waals surface area contributed by atoms with E-state index < -0.39 is 0 Å². The van der Waals surface area contributed by atoms with Gasteiger partial charge in [-0.3, -0.25) is 9.69 Å². The van der Waals surface area contributed by atoms with Crippen LogP contribution in [0.2, 0.25) is 5.02 Å². The number of halogens is 1. The minimum atomic E-state index is 0.0449. The number of methoxy groups -OCH3 is 1. The van der Waals surface area contributed by atoms with Crippen LogP contribution in [-0.2, 0) is 17.8 Å². The highest BCUT2D eigenvalue weighted by Crippen LogP contribution is 2.25. The Hall–Kier alpha value is -2.90.